The second-order valence-electron chi connectivity index (χ2n) is 5.86. The van der Waals surface area contributed by atoms with Gasteiger partial charge in [-0.1, -0.05) is 30.3 Å². The molecule has 22 heavy (non-hydrogen) atoms. The molecule has 1 aliphatic rings. The zero-order chi connectivity index (χ0) is 15.4. The molecule has 1 aromatic carbocycles. The van der Waals surface area contributed by atoms with Gasteiger partial charge in [0, 0.05) is 30.3 Å². The number of carbonyl (C=O) groups excluding carboxylic acids is 1. The first kappa shape index (κ1) is 15.0. The molecule has 2 aromatic rings. The molecular formula is C17H21N3OS. The molecule has 1 aromatic heterocycles. The van der Waals surface area contributed by atoms with Crippen molar-refractivity contribution in [3.05, 3.63) is 52.0 Å². The first-order valence-electron chi connectivity index (χ1n) is 7.66. The Morgan fingerprint density at radius 1 is 1.27 bits per heavy atom. The number of aryl methyl sites for hydroxylation is 1. The van der Waals surface area contributed by atoms with Crippen LogP contribution in [0.25, 0.3) is 0 Å². The summed E-state index contributed by atoms with van der Waals surface area (Å²) >= 11 is 1.64. The zero-order valence-electron chi connectivity index (χ0n) is 12.8. The van der Waals surface area contributed by atoms with E-state index >= 15 is 0 Å². The lowest BCUT2D eigenvalue weighted by atomic mass is 9.96. The van der Waals surface area contributed by atoms with E-state index in [0.717, 1.165) is 30.0 Å². The van der Waals surface area contributed by atoms with Gasteiger partial charge in [-0.2, -0.15) is 0 Å². The van der Waals surface area contributed by atoms with Crippen molar-refractivity contribution in [1.82, 2.24) is 15.6 Å². The van der Waals surface area contributed by atoms with Crippen LogP contribution in [0.15, 0.2) is 35.7 Å². The second kappa shape index (κ2) is 6.48. The first-order chi connectivity index (χ1) is 10.7. The molecule has 3 rings (SSSR count). The van der Waals surface area contributed by atoms with Crippen molar-refractivity contribution < 1.29 is 4.79 Å². The van der Waals surface area contributed by atoms with Crippen LogP contribution in [0.3, 0.4) is 0 Å². The van der Waals surface area contributed by atoms with Crippen molar-refractivity contribution in [3.63, 3.8) is 0 Å². The highest BCUT2D eigenvalue weighted by Gasteiger charge is 2.44. The lowest BCUT2D eigenvalue weighted by Gasteiger charge is -2.16. The van der Waals surface area contributed by atoms with Gasteiger partial charge in [0.25, 0.3) is 0 Å². The minimum Gasteiger partial charge on any atom is -0.338 e. The Morgan fingerprint density at radius 2 is 2.05 bits per heavy atom. The Morgan fingerprint density at radius 3 is 2.68 bits per heavy atom. The van der Waals surface area contributed by atoms with Crippen LogP contribution >= 0.6 is 11.3 Å². The normalized spacial score (nSPS) is 15.3. The van der Waals surface area contributed by atoms with E-state index in [2.05, 4.69) is 39.9 Å². The Labute approximate surface area is 135 Å². The summed E-state index contributed by atoms with van der Waals surface area (Å²) in [6.07, 6.45) is 3.08. The van der Waals surface area contributed by atoms with Gasteiger partial charge in [0.1, 0.15) is 0 Å². The second-order valence-corrected chi connectivity index (χ2v) is 6.93. The summed E-state index contributed by atoms with van der Waals surface area (Å²) in [7, 11) is 0. The van der Waals surface area contributed by atoms with Crippen LogP contribution in [0, 0.1) is 6.92 Å². The number of nitrogens with one attached hydrogen (secondary N) is 2. The van der Waals surface area contributed by atoms with E-state index in [9.17, 15) is 4.79 Å². The topological polar surface area (TPSA) is 54.0 Å². The molecule has 0 spiro atoms. The number of benzene rings is 1. The molecule has 4 nitrogen and oxygen atoms in total. The van der Waals surface area contributed by atoms with Gasteiger partial charge < -0.3 is 10.6 Å². The Balaban J connectivity index is 1.41. The van der Waals surface area contributed by atoms with Crippen LogP contribution in [-0.2, 0) is 11.8 Å². The quantitative estimate of drug-likeness (QED) is 0.861. The molecule has 5 heteroatoms. The lowest BCUT2D eigenvalue weighted by molar-refractivity contribution is 0.240. The van der Waals surface area contributed by atoms with E-state index in [1.165, 1.54) is 5.56 Å². The van der Waals surface area contributed by atoms with E-state index < -0.39 is 0 Å². The van der Waals surface area contributed by atoms with Crippen LogP contribution in [0.1, 0.15) is 29.1 Å². The van der Waals surface area contributed by atoms with Crippen molar-refractivity contribution in [1.29, 1.82) is 0 Å². The zero-order valence-corrected chi connectivity index (χ0v) is 13.6. The van der Waals surface area contributed by atoms with Crippen LogP contribution in [-0.4, -0.2) is 24.1 Å². The van der Waals surface area contributed by atoms with Crippen molar-refractivity contribution >= 4 is 17.4 Å². The van der Waals surface area contributed by atoms with Crippen LogP contribution < -0.4 is 10.6 Å². The minimum atomic E-state index is -0.0887. The number of aromatic nitrogens is 1. The molecule has 1 aliphatic carbocycles. The number of urea groups is 1. The SMILES string of the molecule is Cc1nc(CCNC(=O)NCC2(c3ccccc3)CC2)cs1. The average Bonchev–Trinajstić information content (AvgIpc) is 3.22. The number of hydrogen-bond donors (Lipinski definition) is 2. The monoisotopic (exact) mass is 315 g/mol. The third-order valence-corrected chi connectivity index (χ3v) is 4.98. The molecule has 1 saturated carbocycles. The highest BCUT2D eigenvalue weighted by atomic mass is 32.1. The summed E-state index contributed by atoms with van der Waals surface area (Å²) < 4.78 is 0. The molecule has 0 aliphatic heterocycles. The van der Waals surface area contributed by atoms with Gasteiger partial charge in [-0.25, -0.2) is 9.78 Å². The van der Waals surface area contributed by atoms with Crippen molar-refractivity contribution in [2.24, 2.45) is 0 Å². The third kappa shape index (κ3) is 3.65. The number of rotatable bonds is 6. The Hall–Kier alpha value is -1.88. The van der Waals surface area contributed by atoms with Crippen LogP contribution in [0.4, 0.5) is 4.79 Å². The van der Waals surface area contributed by atoms with E-state index in [1.54, 1.807) is 11.3 Å². The fraction of sp³-hybridized carbons (Fsp3) is 0.412. The van der Waals surface area contributed by atoms with Crippen LogP contribution in [0.2, 0.25) is 0 Å². The number of thiazole rings is 1. The van der Waals surface area contributed by atoms with Gasteiger partial charge >= 0.3 is 6.03 Å². The molecule has 0 unspecified atom stereocenters. The van der Waals surface area contributed by atoms with E-state index in [4.69, 9.17) is 0 Å². The van der Waals surface area contributed by atoms with Gasteiger partial charge in [0.2, 0.25) is 0 Å². The highest BCUT2D eigenvalue weighted by molar-refractivity contribution is 7.09. The molecule has 0 saturated heterocycles. The predicted molar refractivity (Wildman–Crippen MR) is 89.3 cm³/mol. The number of carbonyl (C=O) groups is 1. The van der Waals surface area contributed by atoms with Gasteiger partial charge in [-0.3, -0.25) is 0 Å². The third-order valence-electron chi connectivity index (χ3n) is 4.16. The van der Waals surface area contributed by atoms with Crippen molar-refractivity contribution in [2.45, 2.75) is 31.6 Å². The summed E-state index contributed by atoms with van der Waals surface area (Å²) in [4.78, 5) is 16.3. The number of nitrogens with zero attached hydrogens (tertiary/aromatic N) is 1. The lowest BCUT2D eigenvalue weighted by Crippen LogP contribution is -2.40. The minimum absolute atomic E-state index is 0.0887. The molecule has 0 bridgehead atoms. The average molecular weight is 315 g/mol. The molecular weight excluding hydrogens is 294 g/mol. The smallest absolute Gasteiger partial charge is 0.314 e. The maximum atomic E-state index is 11.9. The summed E-state index contributed by atoms with van der Waals surface area (Å²) in [5.41, 5.74) is 2.53. The van der Waals surface area contributed by atoms with Gasteiger partial charge in [0.15, 0.2) is 0 Å². The molecule has 0 atom stereocenters. The van der Waals surface area contributed by atoms with E-state index in [0.29, 0.717) is 13.1 Å². The summed E-state index contributed by atoms with van der Waals surface area (Å²) in [6.45, 7) is 3.32. The number of amides is 2. The van der Waals surface area contributed by atoms with E-state index in [1.807, 2.05) is 18.4 Å². The largest absolute Gasteiger partial charge is 0.338 e. The maximum absolute atomic E-state index is 11.9. The summed E-state index contributed by atoms with van der Waals surface area (Å²) in [5, 5.41) is 9.03. The van der Waals surface area contributed by atoms with Gasteiger partial charge in [-0.05, 0) is 25.3 Å². The standard InChI is InChI=1S/C17H21N3OS/c1-13-20-15(11-22-13)7-10-18-16(21)19-12-17(8-9-17)14-5-3-2-4-6-14/h2-6,11H,7-10,12H2,1H3,(H2,18,19,21). The summed E-state index contributed by atoms with van der Waals surface area (Å²) in [6, 6.07) is 10.4. The van der Waals surface area contributed by atoms with Crippen LogP contribution in [0.5, 0.6) is 0 Å². The van der Waals surface area contributed by atoms with Gasteiger partial charge in [-0.15, -0.1) is 11.3 Å². The molecule has 116 valence electrons. The predicted octanol–water partition coefficient (Wildman–Crippen LogP) is 3.03. The van der Waals surface area contributed by atoms with Gasteiger partial charge in [0.05, 0.1) is 10.7 Å². The first-order valence-corrected chi connectivity index (χ1v) is 8.54. The molecule has 2 amide bonds. The fourth-order valence-corrected chi connectivity index (χ4v) is 3.30. The van der Waals surface area contributed by atoms with E-state index in [-0.39, 0.29) is 11.4 Å². The maximum Gasteiger partial charge on any atom is 0.314 e. The highest BCUT2D eigenvalue weighted by Crippen LogP contribution is 2.47. The molecule has 1 fully saturated rings. The Kier molecular flexibility index (Phi) is 4.43. The molecule has 2 N–H and O–H groups in total. The summed E-state index contributed by atoms with van der Waals surface area (Å²) in [5.74, 6) is 0. The molecule has 1 heterocycles. The Bertz CT molecular complexity index is 634. The molecule has 0 radical (unpaired) electrons. The van der Waals surface area contributed by atoms with Crippen molar-refractivity contribution in [3.8, 4) is 0 Å². The number of hydrogen-bond acceptors (Lipinski definition) is 3. The fourth-order valence-electron chi connectivity index (χ4n) is 2.65. The van der Waals surface area contributed by atoms with Crippen molar-refractivity contribution in [2.75, 3.05) is 13.1 Å².